The molecule has 0 aliphatic carbocycles. The van der Waals surface area contributed by atoms with E-state index in [0.717, 1.165) is 5.75 Å². The highest BCUT2D eigenvalue weighted by molar-refractivity contribution is 7.99. The zero-order valence-corrected chi connectivity index (χ0v) is 11.2. The lowest BCUT2D eigenvalue weighted by atomic mass is 10.1. The van der Waals surface area contributed by atoms with Gasteiger partial charge in [0.2, 0.25) is 5.91 Å². The van der Waals surface area contributed by atoms with Crippen LogP contribution in [0.25, 0.3) is 0 Å². The predicted molar refractivity (Wildman–Crippen MR) is 69.1 cm³/mol. The third kappa shape index (κ3) is 2.18. The maximum Gasteiger partial charge on any atom is 0.220 e. The first-order chi connectivity index (χ1) is 8.56. The Hall–Kier alpha value is -1.27. The Balaban J connectivity index is 2.49. The van der Waals surface area contributed by atoms with Crippen molar-refractivity contribution >= 4 is 17.7 Å². The fourth-order valence-corrected chi connectivity index (χ4v) is 3.47. The Morgan fingerprint density at radius 1 is 1.67 bits per heavy atom. The van der Waals surface area contributed by atoms with E-state index in [-0.39, 0.29) is 23.6 Å². The SMILES string of the molecule is CC(=O)N1CCSC1c1c(CO)cnc(C)c1O. The van der Waals surface area contributed by atoms with Crippen LogP contribution in [0, 0.1) is 6.92 Å². The van der Waals surface area contributed by atoms with Gasteiger partial charge in [-0.15, -0.1) is 11.8 Å². The lowest BCUT2D eigenvalue weighted by molar-refractivity contribution is -0.128. The van der Waals surface area contributed by atoms with E-state index in [2.05, 4.69) is 4.98 Å². The molecular weight excluding hydrogens is 252 g/mol. The molecule has 1 aliphatic rings. The lowest BCUT2D eigenvalue weighted by Crippen LogP contribution is -2.28. The maximum absolute atomic E-state index is 11.6. The van der Waals surface area contributed by atoms with Crippen LogP contribution in [-0.4, -0.2) is 38.3 Å². The number of carbonyl (C=O) groups is 1. The molecule has 1 aromatic heterocycles. The smallest absolute Gasteiger partial charge is 0.220 e. The van der Waals surface area contributed by atoms with E-state index in [9.17, 15) is 15.0 Å². The molecule has 6 heteroatoms. The number of aromatic hydroxyl groups is 1. The summed E-state index contributed by atoms with van der Waals surface area (Å²) in [6.45, 7) is 3.69. The molecule has 2 heterocycles. The summed E-state index contributed by atoms with van der Waals surface area (Å²) in [5.74, 6) is 0.880. The van der Waals surface area contributed by atoms with Gasteiger partial charge in [0, 0.05) is 36.5 Å². The first-order valence-corrected chi connectivity index (χ1v) is 6.78. The maximum atomic E-state index is 11.6. The molecule has 2 rings (SSSR count). The van der Waals surface area contributed by atoms with Gasteiger partial charge in [-0.1, -0.05) is 0 Å². The molecule has 1 aliphatic heterocycles. The van der Waals surface area contributed by atoms with Crippen molar-refractivity contribution < 1.29 is 15.0 Å². The zero-order chi connectivity index (χ0) is 13.3. The number of pyridine rings is 1. The Bertz CT molecular complexity index is 479. The molecule has 0 aromatic carbocycles. The van der Waals surface area contributed by atoms with E-state index < -0.39 is 0 Å². The van der Waals surface area contributed by atoms with Gasteiger partial charge < -0.3 is 15.1 Å². The summed E-state index contributed by atoms with van der Waals surface area (Å²) in [6, 6.07) is 0. The second kappa shape index (κ2) is 5.16. The highest BCUT2D eigenvalue weighted by Gasteiger charge is 2.32. The fourth-order valence-electron chi connectivity index (χ4n) is 2.09. The van der Waals surface area contributed by atoms with E-state index in [1.165, 1.54) is 6.92 Å². The number of hydrogen-bond donors (Lipinski definition) is 2. The number of aliphatic hydroxyl groups excluding tert-OH is 1. The molecule has 18 heavy (non-hydrogen) atoms. The van der Waals surface area contributed by atoms with E-state index in [1.807, 2.05) is 0 Å². The van der Waals surface area contributed by atoms with Gasteiger partial charge in [0.25, 0.3) is 0 Å². The predicted octanol–water partition coefficient (Wildman–Crippen LogP) is 1.18. The minimum absolute atomic E-state index is 0.0252. The molecule has 1 atom stereocenters. The normalized spacial score (nSPS) is 19.3. The fraction of sp³-hybridized carbons (Fsp3) is 0.500. The van der Waals surface area contributed by atoms with Crippen LogP contribution < -0.4 is 0 Å². The van der Waals surface area contributed by atoms with Crippen molar-refractivity contribution in [3.05, 3.63) is 23.0 Å². The number of thioether (sulfide) groups is 1. The third-order valence-electron chi connectivity index (χ3n) is 3.07. The van der Waals surface area contributed by atoms with Crippen LogP contribution in [0.4, 0.5) is 0 Å². The highest BCUT2D eigenvalue weighted by Crippen LogP contribution is 2.43. The second-order valence-electron chi connectivity index (χ2n) is 4.22. The zero-order valence-electron chi connectivity index (χ0n) is 10.4. The van der Waals surface area contributed by atoms with E-state index >= 15 is 0 Å². The minimum Gasteiger partial charge on any atom is -0.506 e. The van der Waals surface area contributed by atoms with Gasteiger partial charge in [0.05, 0.1) is 12.3 Å². The first-order valence-electron chi connectivity index (χ1n) is 5.73. The van der Waals surface area contributed by atoms with Gasteiger partial charge in [-0.25, -0.2) is 0 Å². The Kier molecular flexibility index (Phi) is 3.77. The number of carbonyl (C=O) groups excluding carboxylic acids is 1. The number of hydrogen-bond acceptors (Lipinski definition) is 5. The standard InChI is InChI=1S/C12H16N2O3S/c1-7-11(17)10(9(6-15)5-13-7)12-14(8(2)16)3-4-18-12/h5,12,15,17H,3-4,6H2,1-2H3. The highest BCUT2D eigenvalue weighted by atomic mass is 32.2. The van der Waals surface area contributed by atoms with Crippen molar-refractivity contribution in [1.29, 1.82) is 0 Å². The number of aromatic nitrogens is 1. The Morgan fingerprint density at radius 3 is 3.00 bits per heavy atom. The molecule has 0 radical (unpaired) electrons. The summed E-state index contributed by atoms with van der Waals surface area (Å²) < 4.78 is 0. The molecule has 0 saturated carbocycles. The van der Waals surface area contributed by atoms with Crippen molar-refractivity contribution in [2.45, 2.75) is 25.8 Å². The van der Waals surface area contributed by atoms with Crippen molar-refractivity contribution in [2.24, 2.45) is 0 Å². The van der Waals surface area contributed by atoms with Crippen LogP contribution in [0.3, 0.4) is 0 Å². The van der Waals surface area contributed by atoms with Crippen LogP contribution >= 0.6 is 11.8 Å². The van der Waals surface area contributed by atoms with E-state index in [4.69, 9.17) is 0 Å². The van der Waals surface area contributed by atoms with Crippen LogP contribution in [-0.2, 0) is 11.4 Å². The topological polar surface area (TPSA) is 73.7 Å². The van der Waals surface area contributed by atoms with Crippen LogP contribution in [0.15, 0.2) is 6.20 Å². The van der Waals surface area contributed by atoms with Crippen molar-refractivity contribution in [3.8, 4) is 5.75 Å². The molecule has 1 amide bonds. The number of aliphatic hydroxyl groups is 1. The number of amides is 1. The third-order valence-corrected chi connectivity index (χ3v) is 4.29. The molecule has 98 valence electrons. The van der Waals surface area contributed by atoms with E-state index in [0.29, 0.717) is 23.4 Å². The van der Waals surface area contributed by atoms with Crippen molar-refractivity contribution in [1.82, 2.24) is 9.88 Å². The Morgan fingerprint density at radius 2 is 2.39 bits per heavy atom. The molecule has 1 fully saturated rings. The van der Waals surface area contributed by atoms with Crippen LogP contribution in [0.2, 0.25) is 0 Å². The number of aryl methyl sites for hydroxylation is 1. The van der Waals surface area contributed by atoms with Gasteiger partial charge in [0.1, 0.15) is 11.1 Å². The van der Waals surface area contributed by atoms with Crippen molar-refractivity contribution in [2.75, 3.05) is 12.3 Å². The molecule has 0 spiro atoms. The molecule has 1 saturated heterocycles. The summed E-state index contributed by atoms with van der Waals surface area (Å²) in [7, 11) is 0. The summed E-state index contributed by atoms with van der Waals surface area (Å²) >= 11 is 1.59. The summed E-state index contributed by atoms with van der Waals surface area (Å²) in [4.78, 5) is 17.3. The molecule has 1 unspecified atom stereocenters. The van der Waals surface area contributed by atoms with Gasteiger partial charge in [-0.2, -0.15) is 0 Å². The van der Waals surface area contributed by atoms with Gasteiger partial charge in [-0.3, -0.25) is 9.78 Å². The van der Waals surface area contributed by atoms with Crippen LogP contribution in [0.1, 0.15) is 29.1 Å². The monoisotopic (exact) mass is 268 g/mol. The van der Waals surface area contributed by atoms with Crippen molar-refractivity contribution in [3.63, 3.8) is 0 Å². The second-order valence-corrected chi connectivity index (χ2v) is 5.41. The number of rotatable bonds is 2. The van der Waals surface area contributed by atoms with Gasteiger partial charge in [-0.05, 0) is 6.92 Å². The average Bonchev–Trinajstić information content (AvgIpc) is 2.81. The summed E-state index contributed by atoms with van der Waals surface area (Å²) in [5.41, 5.74) is 1.70. The molecule has 0 bridgehead atoms. The quantitative estimate of drug-likeness (QED) is 0.842. The molecule has 1 aromatic rings. The Labute approximate surface area is 110 Å². The summed E-state index contributed by atoms with van der Waals surface area (Å²) in [6.07, 6.45) is 1.56. The van der Waals surface area contributed by atoms with Gasteiger partial charge >= 0.3 is 0 Å². The number of nitrogens with zero attached hydrogens (tertiary/aromatic N) is 2. The largest absolute Gasteiger partial charge is 0.506 e. The lowest BCUT2D eigenvalue weighted by Gasteiger charge is -2.25. The minimum atomic E-state index is -0.230. The van der Waals surface area contributed by atoms with Gasteiger partial charge in [0.15, 0.2) is 0 Å². The molecular formula is C12H16N2O3S. The first kappa shape index (κ1) is 13.2. The molecule has 5 nitrogen and oxygen atoms in total. The molecule has 2 N–H and O–H groups in total. The summed E-state index contributed by atoms with van der Waals surface area (Å²) in [5, 5.41) is 19.3. The van der Waals surface area contributed by atoms with E-state index in [1.54, 1.807) is 29.8 Å². The average molecular weight is 268 g/mol. The van der Waals surface area contributed by atoms with Crippen LogP contribution in [0.5, 0.6) is 5.75 Å².